The van der Waals surface area contributed by atoms with Gasteiger partial charge in [0.05, 0.1) is 0 Å². The van der Waals surface area contributed by atoms with Gasteiger partial charge in [-0.05, 0) is 26.7 Å². The van der Waals surface area contributed by atoms with Crippen LogP contribution in [0.2, 0.25) is 0 Å². The molecule has 0 saturated heterocycles. The van der Waals surface area contributed by atoms with Crippen LogP contribution in [0.3, 0.4) is 0 Å². The van der Waals surface area contributed by atoms with Crippen LogP contribution in [0.4, 0.5) is 0 Å². The lowest BCUT2D eigenvalue weighted by atomic mass is 10.2. The van der Waals surface area contributed by atoms with Gasteiger partial charge >= 0.3 is 0 Å². The van der Waals surface area contributed by atoms with Gasteiger partial charge < -0.3 is 15.0 Å². The molecule has 0 aromatic heterocycles. The smallest absolute Gasteiger partial charge is 0.158 e. The molecule has 0 aliphatic carbocycles. The second-order valence-corrected chi connectivity index (χ2v) is 3.06. The molecule has 84 valence electrons. The van der Waals surface area contributed by atoms with E-state index in [2.05, 4.69) is 0 Å². The van der Waals surface area contributed by atoms with Crippen molar-refractivity contribution in [2.75, 3.05) is 6.61 Å². The van der Waals surface area contributed by atoms with E-state index in [4.69, 9.17) is 10.2 Å². The van der Waals surface area contributed by atoms with Crippen LogP contribution in [-0.4, -0.2) is 34.5 Å². The predicted octanol–water partition coefficient (Wildman–Crippen LogP) is 0.694. The van der Waals surface area contributed by atoms with Crippen LogP contribution < -0.4 is 0 Å². The minimum Gasteiger partial charge on any atom is -0.396 e. The molecule has 1 unspecified atom stereocenters. The second kappa shape index (κ2) is 10.3. The van der Waals surface area contributed by atoms with Crippen LogP contribution in [-0.2, 0) is 9.59 Å². The largest absolute Gasteiger partial charge is 0.396 e. The van der Waals surface area contributed by atoms with Crippen molar-refractivity contribution in [1.29, 1.82) is 0 Å². The summed E-state index contributed by atoms with van der Waals surface area (Å²) in [5.41, 5.74) is 0. The Morgan fingerprint density at radius 1 is 1.29 bits per heavy atom. The number of ketones is 2. The summed E-state index contributed by atoms with van der Waals surface area (Å²) in [6.45, 7) is 4.80. The fourth-order valence-electron chi connectivity index (χ4n) is 0.615. The first-order valence-electron chi connectivity index (χ1n) is 4.74. The zero-order valence-corrected chi connectivity index (χ0v) is 9.12. The molecule has 0 spiro atoms. The van der Waals surface area contributed by atoms with Crippen LogP contribution >= 0.6 is 0 Å². The molecule has 0 aromatic rings. The molecule has 1 atom stereocenters. The van der Waals surface area contributed by atoms with Gasteiger partial charge in [0.25, 0.3) is 0 Å². The Labute approximate surface area is 84.9 Å². The van der Waals surface area contributed by atoms with E-state index < -0.39 is 6.10 Å². The highest BCUT2D eigenvalue weighted by molar-refractivity contribution is 5.79. The first-order chi connectivity index (χ1) is 6.45. The van der Waals surface area contributed by atoms with Gasteiger partial charge in [-0.15, -0.1) is 0 Å². The van der Waals surface area contributed by atoms with E-state index in [-0.39, 0.29) is 18.2 Å². The molecule has 0 heterocycles. The van der Waals surface area contributed by atoms with Crippen LogP contribution in [0.25, 0.3) is 0 Å². The zero-order valence-electron chi connectivity index (χ0n) is 9.12. The average Bonchev–Trinajstić information content (AvgIpc) is 2.14. The van der Waals surface area contributed by atoms with Crippen LogP contribution in [0, 0.1) is 0 Å². The van der Waals surface area contributed by atoms with E-state index >= 15 is 0 Å². The van der Waals surface area contributed by atoms with Crippen molar-refractivity contribution in [3.63, 3.8) is 0 Å². The topological polar surface area (TPSA) is 74.6 Å². The van der Waals surface area contributed by atoms with Gasteiger partial charge in [0, 0.05) is 13.0 Å². The molecule has 0 bridgehead atoms. The number of carbonyl (C=O) groups excluding carboxylic acids is 2. The molecule has 0 saturated carbocycles. The molecule has 14 heavy (non-hydrogen) atoms. The highest BCUT2D eigenvalue weighted by Gasteiger charge is 2.03. The lowest BCUT2D eigenvalue weighted by Gasteiger charge is -1.97. The number of hydrogen-bond acceptors (Lipinski definition) is 4. The maximum Gasteiger partial charge on any atom is 0.158 e. The third kappa shape index (κ3) is 13.8. The number of carbonyl (C=O) groups is 2. The molecular formula is C10H20O4. The fraction of sp³-hybridized carbons (Fsp3) is 0.800. The summed E-state index contributed by atoms with van der Waals surface area (Å²) in [5, 5.41) is 16.7. The van der Waals surface area contributed by atoms with Crippen molar-refractivity contribution in [3.05, 3.63) is 0 Å². The molecule has 0 radical (unpaired) electrons. The first kappa shape index (κ1) is 15.7. The van der Waals surface area contributed by atoms with Gasteiger partial charge in [-0.2, -0.15) is 0 Å². The molecule has 4 heteroatoms. The van der Waals surface area contributed by atoms with Crippen LogP contribution in [0.5, 0.6) is 0 Å². The molecule has 0 aliphatic rings. The normalized spacial score (nSPS) is 11.2. The average molecular weight is 204 g/mol. The Hall–Kier alpha value is -0.740. The molecule has 0 rings (SSSR count). The molecule has 0 amide bonds. The summed E-state index contributed by atoms with van der Waals surface area (Å²) in [7, 11) is 0. The number of Topliss-reactive ketones (excluding diaryl/α,β-unsaturated/α-hetero) is 2. The van der Waals surface area contributed by atoms with E-state index in [1.807, 2.05) is 0 Å². The monoisotopic (exact) mass is 204 g/mol. The van der Waals surface area contributed by atoms with Crippen LogP contribution in [0.1, 0.15) is 40.0 Å². The van der Waals surface area contributed by atoms with Gasteiger partial charge in [0.2, 0.25) is 0 Å². The molecule has 0 aliphatic heterocycles. The highest BCUT2D eigenvalue weighted by atomic mass is 16.3. The quantitative estimate of drug-likeness (QED) is 0.691. The minimum absolute atomic E-state index is 0.125. The maximum atomic E-state index is 10.1. The molecule has 4 nitrogen and oxygen atoms in total. The van der Waals surface area contributed by atoms with E-state index in [0.717, 1.165) is 0 Å². The lowest BCUT2D eigenvalue weighted by Crippen LogP contribution is -2.14. The summed E-state index contributed by atoms with van der Waals surface area (Å²) < 4.78 is 0. The van der Waals surface area contributed by atoms with Crippen molar-refractivity contribution in [2.24, 2.45) is 0 Å². The minimum atomic E-state index is -0.736. The third-order valence-electron chi connectivity index (χ3n) is 1.54. The zero-order chi connectivity index (χ0) is 11.6. The summed E-state index contributed by atoms with van der Waals surface area (Å²) in [6, 6.07) is 0. The lowest BCUT2D eigenvalue weighted by molar-refractivity contribution is -0.125. The Morgan fingerprint density at radius 3 is 1.86 bits per heavy atom. The van der Waals surface area contributed by atoms with E-state index in [9.17, 15) is 9.59 Å². The van der Waals surface area contributed by atoms with Crippen molar-refractivity contribution < 1.29 is 19.8 Å². The van der Waals surface area contributed by atoms with Gasteiger partial charge in [0.15, 0.2) is 5.78 Å². The van der Waals surface area contributed by atoms with Gasteiger partial charge in [-0.3, -0.25) is 4.79 Å². The van der Waals surface area contributed by atoms with Crippen LogP contribution in [0.15, 0.2) is 0 Å². The van der Waals surface area contributed by atoms with Crippen molar-refractivity contribution in [2.45, 2.75) is 46.1 Å². The van der Waals surface area contributed by atoms with Crippen molar-refractivity contribution in [3.8, 4) is 0 Å². The van der Waals surface area contributed by atoms with E-state index in [1.54, 1.807) is 6.92 Å². The Kier molecular flexibility index (Phi) is 11.6. The summed E-state index contributed by atoms with van der Waals surface area (Å²) in [6.07, 6.45) is 0.904. The van der Waals surface area contributed by atoms with Crippen molar-refractivity contribution in [1.82, 2.24) is 0 Å². The molecule has 2 N–H and O–H groups in total. The highest BCUT2D eigenvalue weighted by Crippen LogP contribution is 1.88. The number of hydrogen-bond donors (Lipinski definition) is 2. The number of aliphatic hydroxyl groups is 2. The third-order valence-corrected chi connectivity index (χ3v) is 1.54. The Balaban J connectivity index is 0. The Bertz CT molecular complexity index is 166. The molecule has 0 aromatic carbocycles. The predicted molar refractivity (Wildman–Crippen MR) is 54.0 cm³/mol. The summed E-state index contributed by atoms with van der Waals surface area (Å²) >= 11 is 0. The van der Waals surface area contributed by atoms with Gasteiger partial charge in [-0.1, -0.05) is 6.92 Å². The summed E-state index contributed by atoms with van der Waals surface area (Å²) in [5.74, 6) is -0.00319. The van der Waals surface area contributed by atoms with E-state index in [0.29, 0.717) is 19.3 Å². The Morgan fingerprint density at radius 2 is 1.79 bits per heavy atom. The summed E-state index contributed by atoms with van der Waals surface area (Å²) in [4.78, 5) is 20.2. The SMILES string of the molecule is CC(=O)CCCO.CCC(O)C(C)=O. The van der Waals surface area contributed by atoms with Gasteiger partial charge in [0.1, 0.15) is 11.9 Å². The second-order valence-electron chi connectivity index (χ2n) is 3.06. The number of rotatable bonds is 5. The number of aliphatic hydroxyl groups excluding tert-OH is 2. The molecule has 0 fully saturated rings. The van der Waals surface area contributed by atoms with E-state index in [1.165, 1.54) is 13.8 Å². The van der Waals surface area contributed by atoms with Gasteiger partial charge in [-0.25, -0.2) is 0 Å². The van der Waals surface area contributed by atoms with Crippen molar-refractivity contribution >= 4 is 11.6 Å². The standard InChI is InChI=1S/2C5H10O2/c1-5(7)3-2-4-6;1-3-5(7)4(2)6/h6H,2-4H2,1H3;5,7H,3H2,1-2H3. The first-order valence-corrected chi connectivity index (χ1v) is 4.74. The molecular weight excluding hydrogens is 184 g/mol. The fourth-order valence-corrected chi connectivity index (χ4v) is 0.615. The maximum absolute atomic E-state index is 10.1.